The summed E-state index contributed by atoms with van der Waals surface area (Å²) in [5, 5.41) is 2.95. The molecule has 1 aliphatic heterocycles. The van der Waals surface area contributed by atoms with Crippen molar-refractivity contribution in [1.29, 1.82) is 0 Å². The molecule has 7 heteroatoms. The molecule has 0 unspecified atom stereocenters. The third kappa shape index (κ3) is 5.14. The fourth-order valence-corrected chi connectivity index (χ4v) is 4.19. The van der Waals surface area contributed by atoms with Crippen LogP contribution in [0.25, 0.3) is 16.9 Å². The highest BCUT2D eigenvalue weighted by Crippen LogP contribution is 2.31. The Labute approximate surface area is 193 Å². The van der Waals surface area contributed by atoms with Gasteiger partial charge in [-0.05, 0) is 37.8 Å². The van der Waals surface area contributed by atoms with Gasteiger partial charge in [0.1, 0.15) is 6.54 Å². The first-order valence-corrected chi connectivity index (χ1v) is 11.6. The van der Waals surface area contributed by atoms with Crippen LogP contribution >= 0.6 is 0 Å². The van der Waals surface area contributed by atoms with Gasteiger partial charge in [-0.15, -0.1) is 0 Å². The zero-order chi connectivity index (χ0) is 22.6. The monoisotopic (exact) mass is 444 g/mol. The number of carbonyl (C=O) groups is 2. The number of benzene rings is 2. The van der Waals surface area contributed by atoms with E-state index in [0.29, 0.717) is 12.5 Å². The van der Waals surface area contributed by atoms with Gasteiger partial charge in [0, 0.05) is 36.5 Å². The van der Waals surface area contributed by atoms with Crippen molar-refractivity contribution in [3.8, 4) is 16.9 Å². The highest BCUT2D eigenvalue weighted by Gasteiger charge is 2.35. The van der Waals surface area contributed by atoms with Gasteiger partial charge >= 0.3 is 0 Å². The minimum atomic E-state index is -0.260. The largest absolute Gasteiger partial charge is 0.376 e. The molecule has 2 heterocycles. The Kier molecular flexibility index (Phi) is 6.21. The summed E-state index contributed by atoms with van der Waals surface area (Å²) >= 11 is 0. The summed E-state index contributed by atoms with van der Waals surface area (Å²) in [7, 11) is 0. The van der Waals surface area contributed by atoms with Crippen LogP contribution in [-0.4, -0.2) is 52.1 Å². The van der Waals surface area contributed by atoms with Crippen LogP contribution in [0.15, 0.2) is 66.9 Å². The minimum Gasteiger partial charge on any atom is -0.376 e. The third-order valence-electron chi connectivity index (χ3n) is 6.08. The SMILES string of the molecule is O=C(CN(C[C@H]1CCCO1)C(=O)C1CC1)Nc1nc(-c2ccccc2)cn1-c1ccccc1. The lowest BCUT2D eigenvalue weighted by atomic mass is 10.2. The average molecular weight is 445 g/mol. The van der Waals surface area contributed by atoms with E-state index >= 15 is 0 Å². The lowest BCUT2D eigenvalue weighted by Gasteiger charge is -2.25. The van der Waals surface area contributed by atoms with Gasteiger partial charge in [0.25, 0.3) is 0 Å². The van der Waals surface area contributed by atoms with Gasteiger partial charge in [-0.25, -0.2) is 4.98 Å². The second-order valence-electron chi connectivity index (χ2n) is 8.70. The number of rotatable bonds is 8. The van der Waals surface area contributed by atoms with Crippen molar-refractivity contribution >= 4 is 17.8 Å². The van der Waals surface area contributed by atoms with Crippen molar-refractivity contribution in [2.75, 3.05) is 25.0 Å². The summed E-state index contributed by atoms with van der Waals surface area (Å²) in [5.41, 5.74) is 2.62. The molecule has 7 nitrogen and oxygen atoms in total. The van der Waals surface area contributed by atoms with Gasteiger partial charge in [0.05, 0.1) is 11.8 Å². The fourth-order valence-electron chi connectivity index (χ4n) is 4.19. The van der Waals surface area contributed by atoms with Crippen LogP contribution in [0.3, 0.4) is 0 Å². The minimum absolute atomic E-state index is 0.00247. The van der Waals surface area contributed by atoms with Gasteiger partial charge < -0.3 is 9.64 Å². The summed E-state index contributed by atoms with van der Waals surface area (Å²) in [4.78, 5) is 32.3. The predicted molar refractivity (Wildman–Crippen MR) is 126 cm³/mol. The van der Waals surface area contributed by atoms with Crippen molar-refractivity contribution in [2.24, 2.45) is 5.92 Å². The topological polar surface area (TPSA) is 76.5 Å². The number of aromatic nitrogens is 2. The number of ether oxygens (including phenoxy) is 1. The average Bonchev–Trinajstić information content (AvgIpc) is 3.41. The van der Waals surface area contributed by atoms with Crippen molar-refractivity contribution in [1.82, 2.24) is 14.5 Å². The molecule has 0 spiro atoms. The first kappa shape index (κ1) is 21.4. The van der Waals surface area contributed by atoms with Crippen LogP contribution in [0.4, 0.5) is 5.95 Å². The molecule has 2 fully saturated rings. The highest BCUT2D eigenvalue weighted by molar-refractivity contribution is 5.94. The standard InChI is InChI=1S/C26H28N4O3/c31-24(18-29(25(32)20-13-14-20)16-22-12-7-15-33-22)28-26-27-23(19-8-3-1-4-9-19)17-30(26)21-10-5-2-6-11-21/h1-6,8-11,17,20,22H,7,12-16,18H2,(H,27,28,31)/t22-/m1/s1. The Morgan fingerprint density at radius 1 is 1.03 bits per heavy atom. The molecule has 3 aromatic rings. The fraction of sp³-hybridized carbons (Fsp3) is 0.346. The molecule has 1 saturated heterocycles. The van der Waals surface area contributed by atoms with E-state index in [9.17, 15) is 9.59 Å². The molecule has 0 radical (unpaired) electrons. The molecule has 0 bridgehead atoms. The van der Waals surface area contributed by atoms with E-state index in [1.165, 1.54) is 0 Å². The van der Waals surface area contributed by atoms with Gasteiger partial charge in [-0.1, -0.05) is 48.5 Å². The Balaban J connectivity index is 1.37. The molecular weight excluding hydrogens is 416 g/mol. The van der Waals surface area contributed by atoms with Crippen LogP contribution < -0.4 is 5.32 Å². The molecule has 2 amide bonds. The number of nitrogens with one attached hydrogen (secondary N) is 1. The molecule has 1 aliphatic carbocycles. The summed E-state index contributed by atoms with van der Waals surface area (Å²) in [6.07, 6.45) is 5.66. The van der Waals surface area contributed by atoms with E-state index in [1.54, 1.807) is 4.90 Å². The van der Waals surface area contributed by atoms with Crippen molar-refractivity contribution in [3.05, 3.63) is 66.9 Å². The van der Waals surface area contributed by atoms with Gasteiger partial charge in [-0.2, -0.15) is 0 Å². The number of nitrogens with zero attached hydrogens (tertiary/aromatic N) is 3. The predicted octanol–water partition coefficient (Wildman–Crippen LogP) is 3.90. The van der Waals surface area contributed by atoms with Crippen molar-refractivity contribution < 1.29 is 14.3 Å². The van der Waals surface area contributed by atoms with Gasteiger partial charge in [-0.3, -0.25) is 19.5 Å². The van der Waals surface area contributed by atoms with E-state index in [0.717, 1.165) is 49.2 Å². The van der Waals surface area contributed by atoms with Crippen LogP contribution in [0.2, 0.25) is 0 Å². The molecule has 33 heavy (non-hydrogen) atoms. The summed E-state index contributed by atoms with van der Waals surface area (Å²) in [6.45, 7) is 1.18. The van der Waals surface area contributed by atoms with Crippen LogP contribution in [-0.2, 0) is 14.3 Å². The normalized spacial score (nSPS) is 17.6. The number of carbonyl (C=O) groups excluding carboxylic acids is 2. The van der Waals surface area contributed by atoms with E-state index in [4.69, 9.17) is 9.72 Å². The summed E-state index contributed by atoms with van der Waals surface area (Å²) < 4.78 is 7.59. The van der Waals surface area contributed by atoms with E-state index < -0.39 is 0 Å². The van der Waals surface area contributed by atoms with Crippen LogP contribution in [0.1, 0.15) is 25.7 Å². The lowest BCUT2D eigenvalue weighted by Crippen LogP contribution is -2.43. The summed E-state index contributed by atoms with van der Waals surface area (Å²) in [6, 6.07) is 19.6. The zero-order valence-corrected chi connectivity index (χ0v) is 18.5. The van der Waals surface area contributed by atoms with Gasteiger partial charge in [0.15, 0.2) is 0 Å². The lowest BCUT2D eigenvalue weighted by molar-refractivity contribution is -0.137. The van der Waals surface area contributed by atoms with Crippen molar-refractivity contribution in [3.63, 3.8) is 0 Å². The second kappa shape index (κ2) is 9.58. The Morgan fingerprint density at radius 2 is 1.76 bits per heavy atom. The van der Waals surface area contributed by atoms with Crippen LogP contribution in [0, 0.1) is 5.92 Å². The Bertz CT molecular complexity index is 1100. The van der Waals surface area contributed by atoms with Crippen LogP contribution in [0.5, 0.6) is 0 Å². The zero-order valence-electron chi connectivity index (χ0n) is 18.5. The number of para-hydroxylation sites is 1. The molecule has 2 aromatic carbocycles. The maximum Gasteiger partial charge on any atom is 0.246 e. The molecule has 1 N–H and O–H groups in total. The smallest absolute Gasteiger partial charge is 0.246 e. The quantitative estimate of drug-likeness (QED) is 0.572. The third-order valence-corrected chi connectivity index (χ3v) is 6.08. The molecule has 1 atom stereocenters. The maximum atomic E-state index is 13.1. The van der Waals surface area contributed by atoms with E-state index in [2.05, 4.69) is 5.32 Å². The van der Waals surface area contributed by atoms with Gasteiger partial charge in [0.2, 0.25) is 17.8 Å². The molecule has 170 valence electrons. The van der Waals surface area contributed by atoms with E-state index in [1.807, 2.05) is 71.4 Å². The first-order valence-electron chi connectivity index (χ1n) is 11.6. The van der Waals surface area contributed by atoms with E-state index in [-0.39, 0.29) is 30.4 Å². The number of hydrogen-bond acceptors (Lipinski definition) is 4. The first-order chi connectivity index (χ1) is 16.2. The molecule has 1 saturated carbocycles. The Morgan fingerprint density at radius 3 is 2.42 bits per heavy atom. The Hall–Kier alpha value is -3.45. The number of imidazole rings is 1. The molecule has 2 aliphatic rings. The molecule has 5 rings (SSSR count). The summed E-state index contributed by atoms with van der Waals surface area (Å²) in [5.74, 6) is 0.276. The molecular formula is C26H28N4O3. The second-order valence-corrected chi connectivity index (χ2v) is 8.70. The van der Waals surface area contributed by atoms with Crippen molar-refractivity contribution in [2.45, 2.75) is 31.8 Å². The highest BCUT2D eigenvalue weighted by atomic mass is 16.5. The molecule has 1 aromatic heterocycles. The number of amides is 2. The number of hydrogen-bond donors (Lipinski definition) is 1. The number of anilines is 1. The maximum absolute atomic E-state index is 13.1.